The predicted molar refractivity (Wildman–Crippen MR) is 128 cm³/mol. The highest BCUT2D eigenvalue weighted by molar-refractivity contribution is 7.89. The Morgan fingerprint density at radius 2 is 1.76 bits per heavy atom. The summed E-state index contributed by atoms with van der Waals surface area (Å²) in [5.74, 6) is -0.0400. The molecule has 1 aliphatic rings. The number of hydrogen-bond donors (Lipinski definition) is 1. The highest BCUT2D eigenvalue weighted by Gasteiger charge is 2.30. The second-order valence-electron chi connectivity index (χ2n) is 8.39. The van der Waals surface area contributed by atoms with Gasteiger partial charge in [-0.3, -0.25) is 4.79 Å². The van der Waals surface area contributed by atoms with Gasteiger partial charge < -0.3 is 9.88 Å². The Hall–Kier alpha value is -2.97. The zero-order valence-electron chi connectivity index (χ0n) is 18.6. The van der Waals surface area contributed by atoms with E-state index in [0.29, 0.717) is 38.9 Å². The van der Waals surface area contributed by atoms with Gasteiger partial charge in [0, 0.05) is 37.9 Å². The molecule has 33 heavy (non-hydrogen) atoms. The van der Waals surface area contributed by atoms with Gasteiger partial charge >= 0.3 is 0 Å². The first-order valence-corrected chi connectivity index (χ1v) is 13.0. The molecule has 0 spiro atoms. The number of rotatable bonds is 9. The number of aryl methyl sites for hydroxylation is 1. The third-order valence-electron chi connectivity index (χ3n) is 6.16. The smallest absolute Gasteiger partial charge is 0.223 e. The molecular formula is C25H30N4O3S. The van der Waals surface area contributed by atoms with Crippen LogP contribution in [0.2, 0.25) is 0 Å². The number of carbonyl (C=O) groups is 1. The molecule has 4 rings (SSSR count). The number of hydrogen-bond acceptors (Lipinski definition) is 4. The lowest BCUT2D eigenvalue weighted by Gasteiger charge is -2.30. The maximum absolute atomic E-state index is 12.8. The number of aromatic nitrogens is 2. The van der Waals surface area contributed by atoms with Crippen LogP contribution in [0.3, 0.4) is 0 Å². The normalized spacial score (nSPS) is 15.4. The number of nitrogens with zero attached hydrogens (tertiary/aromatic N) is 3. The minimum Gasteiger partial charge on any atom is -0.352 e. The van der Waals surface area contributed by atoms with Crippen LogP contribution >= 0.6 is 0 Å². The van der Waals surface area contributed by atoms with Gasteiger partial charge in [0.05, 0.1) is 17.8 Å². The molecule has 0 radical (unpaired) electrons. The number of benzene rings is 2. The van der Waals surface area contributed by atoms with Gasteiger partial charge in [-0.15, -0.1) is 0 Å². The molecule has 0 atom stereocenters. The van der Waals surface area contributed by atoms with Crippen molar-refractivity contribution in [3.05, 3.63) is 84.4 Å². The van der Waals surface area contributed by atoms with Crippen LogP contribution in [0.5, 0.6) is 0 Å². The third-order valence-corrected chi connectivity index (χ3v) is 8.11. The SMILES string of the molecule is O=C(NCc1ccccc1-n1ccnc1)C1CCN(S(=O)(=O)CCCc2ccccc2)CC1. The minimum absolute atomic E-state index is 0.0171. The molecule has 174 valence electrons. The largest absolute Gasteiger partial charge is 0.352 e. The summed E-state index contributed by atoms with van der Waals surface area (Å²) in [7, 11) is -3.30. The molecule has 8 heteroatoms. The van der Waals surface area contributed by atoms with Crippen molar-refractivity contribution >= 4 is 15.9 Å². The van der Waals surface area contributed by atoms with Gasteiger partial charge in [-0.1, -0.05) is 48.5 Å². The number of imidazole rings is 1. The average Bonchev–Trinajstić information content (AvgIpc) is 3.38. The zero-order valence-corrected chi connectivity index (χ0v) is 19.5. The number of amides is 1. The first-order chi connectivity index (χ1) is 16.0. The van der Waals surface area contributed by atoms with E-state index in [-0.39, 0.29) is 17.6 Å². The Bertz CT molecular complexity index is 1140. The van der Waals surface area contributed by atoms with E-state index in [9.17, 15) is 13.2 Å². The molecule has 2 aromatic carbocycles. The molecule has 0 unspecified atom stereocenters. The summed E-state index contributed by atoms with van der Waals surface area (Å²) in [6, 6.07) is 17.8. The molecule has 1 amide bonds. The van der Waals surface area contributed by atoms with E-state index in [2.05, 4.69) is 10.3 Å². The lowest BCUT2D eigenvalue weighted by atomic mass is 9.97. The maximum Gasteiger partial charge on any atom is 0.223 e. The van der Waals surface area contributed by atoms with E-state index in [1.165, 1.54) is 0 Å². The van der Waals surface area contributed by atoms with E-state index in [1.54, 1.807) is 16.8 Å². The average molecular weight is 467 g/mol. The summed E-state index contributed by atoms with van der Waals surface area (Å²) in [5.41, 5.74) is 3.13. The van der Waals surface area contributed by atoms with Crippen molar-refractivity contribution in [2.45, 2.75) is 32.2 Å². The molecule has 1 aromatic heterocycles. The second kappa shape index (κ2) is 10.8. The predicted octanol–water partition coefficient (Wildman–Crippen LogP) is 3.16. The number of sulfonamides is 1. The maximum atomic E-state index is 12.8. The Labute approximate surface area is 195 Å². The van der Waals surface area contributed by atoms with Crippen molar-refractivity contribution in [1.29, 1.82) is 0 Å². The van der Waals surface area contributed by atoms with Crippen LogP contribution in [0.1, 0.15) is 30.4 Å². The van der Waals surface area contributed by atoms with E-state index in [0.717, 1.165) is 23.2 Å². The van der Waals surface area contributed by atoms with Crippen molar-refractivity contribution in [2.24, 2.45) is 5.92 Å². The van der Waals surface area contributed by atoms with Crippen LogP contribution < -0.4 is 5.32 Å². The third kappa shape index (κ3) is 6.09. The van der Waals surface area contributed by atoms with Gasteiger partial charge in [-0.25, -0.2) is 17.7 Å². The number of piperidine rings is 1. The lowest BCUT2D eigenvalue weighted by molar-refractivity contribution is -0.126. The molecule has 1 aliphatic heterocycles. The standard InChI is InChI=1S/C25H30N4O3S/c30-25(27-19-23-10-4-5-11-24(23)28-17-14-26-20-28)22-12-15-29(16-13-22)33(31,32)18-6-9-21-7-2-1-3-8-21/h1-5,7-8,10-11,14,17,20,22H,6,9,12-13,15-16,18-19H2,(H,27,30). The Morgan fingerprint density at radius 1 is 1.03 bits per heavy atom. The second-order valence-corrected chi connectivity index (χ2v) is 10.5. The van der Waals surface area contributed by atoms with Gasteiger partial charge in [0.25, 0.3) is 0 Å². The molecule has 3 aromatic rings. The summed E-state index contributed by atoms with van der Waals surface area (Å²) < 4.78 is 28.9. The Morgan fingerprint density at radius 3 is 2.48 bits per heavy atom. The van der Waals surface area contributed by atoms with Crippen molar-refractivity contribution in [1.82, 2.24) is 19.2 Å². The summed E-state index contributed by atoms with van der Waals surface area (Å²) in [6.45, 7) is 1.22. The van der Waals surface area contributed by atoms with Crippen molar-refractivity contribution in [2.75, 3.05) is 18.8 Å². The molecular weight excluding hydrogens is 436 g/mol. The van der Waals surface area contributed by atoms with Gasteiger partial charge in [0.15, 0.2) is 0 Å². The molecule has 2 heterocycles. The van der Waals surface area contributed by atoms with Gasteiger partial charge in [-0.05, 0) is 42.9 Å². The molecule has 1 fully saturated rings. The molecule has 7 nitrogen and oxygen atoms in total. The summed E-state index contributed by atoms with van der Waals surface area (Å²) in [6.07, 6.45) is 7.77. The molecule has 0 bridgehead atoms. The fourth-order valence-electron chi connectivity index (χ4n) is 4.27. The minimum atomic E-state index is -3.30. The van der Waals surface area contributed by atoms with Crippen molar-refractivity contribution in [3.8, 4) is 5.69 Å². The van der Waals surface area contributed by atoms with E-state index in [1.807, 2.05) is 65.4 Å². The number of nitrogens with one attached hydrogen (secondary N) is 1. The van der Waals surface area contributed by atoms with Gasteiger partial charge in [-0.2, -0.15) is 0 Å². The highest BCUT2D eigenvalue weighted by atomic mass is 32.2. The molecule has 0 aliphatic carbocycles. The lowest BCUT2D eigenvalue weighted by Crippen LogP contribution is -2.43. The quantitative estimate of drug-likeness (QED) is 0.525. The summed E-state index contributed by atoms with van der Waals surface area (Å²) >= 11 is 0. The fraction of sp³-hybridized carbons (Fsp3) is 0.360. The van der Waals surface area contributed by atoms with Crippen molar-refractivity contribution in [3.63, 3.8) is 0 Å². The van der Waals surface area contributed by atoms with Crippen LogP contribution in [-0.4, -0.2) is 47.0 Å². The van der Waals surface area contributed by atoms with Crippen molar-refractivity contribution < 1.29 is 13.2 Å². The first kappa shape index (κ1) is 23.2. The van der Waals surface area contributed by atoms with Crippen LogP contribution in [0, 0.1) is 5.92 Å². The van der Waals surface area contributed by atoms with E-state index in [4.69, 9.17) is 0 Å². The fourth-order valence-corrected chi connectivity index (χ4v) is 5.80. The topological polar surface area (TPSA) is 84.3 Å². The van der Waals surface area contributed by atoms with E-state index < -0.39 is 10.0 Å². The Kier molecular flexibility index (Phi) is 7.57. The summed E-state index contributed by atoms with van der Waals surface area (Å²) in [4.78, 5) is 16.8. The van der Waals surface area contributed by atoms with Crippen LogP contribution in [0.4, 0.5) is 0 Å². The van der Waals surface area contributed by atoms with Crippen LogP contribution in [-0.2, 0) is 27.8 Å². The summed E-state index contributed by atoms with van der Waals surface area (Å²) in [5, 5.41) is 3.04. The number of carbonyl (C=O) groups excluding carboxylic acids is 1. The van der Waals surface area contributed by atoms with E-state index >= 15 is 0 Å². The van der Waals surface area contributed by atoms with Crippen LogP contribution in [0.15, 0.2) is 73.3 Å². The zero-order chi connectivity index (χ0) is 23.1. The molecule has 1 N–H and O–H groups in total. The van der Waals surface area contributed by atoms with Gasteiger partial charge in [0.1, 0.15) is 0 Å². The number of para-hydroxylation sites is 1. The molecule has 1 saturated heterocycles. The highest BCUT2D eigenvalue weighted by Crippen LogP contribution is 2.21. The van der Waals surface area contributed by atoms with Crippen LogP contribution in [0.25, 0.3) is 5.69 Å². The Balaban J connectivity index is 1.25. The monoisotopic (exact) mass is 466 g/mol. The van der Waals surface area contributed by atoms with Gasteiger partial charge in [0.2, 0.25) is 15.9 Å². The first-order valence-electron chi connectivity index (χ1n) is 11.4. The molecule has 0 saturated carbocycles.